The van der Waals surface area contributed by atoms with E-state index in [1.165, 1.54) is 50.4 Å². The zero-order valence-electron chi connectivity index (χ0n) is 20.9. The number of aldehydes is 2. The number of H-pyrrole nitrogens is 1. The van der Waals surface area contributed by atoms with Crippen molar-refractivity contribution in [1.29, 1.82) is 0 Å². The van der Waals surface area contributed by atoms with E-state index in [1.54, 1.807) is 0 Å². The number of hydrogen-bond acceptors (Lipinski definition) is 3. The summed E-state index contributed by atoms with van der Waals surface area (Å²) in [5, 5.41) is 7.33. The average Bonchev–Trinajstić information content (AvgIpc) is 3.34. The summed E-state index contributed by atoms with van der Waals surface area (Å²) in [7, 11) is 0. The lowest BCUT2D eigenvalue weighted by molar-refractivity contribution is -0.132. The molecule has 2 fully saturated rings. The molecular formula is C28H44N2O2. The van der Waals surface area contributed by atoms with Crippen LogP contribution in [0.5, 0.6) is 0 Å². The van der Waals surface area contributed by atoms with Gasteiger partial charge in [-0.2, -0.15) is 5.10 Å². The molecule has 32 heavy (non-hydrogen) atoms. The van der Waals surface area contributed by atoms with E-state index in [0.29, 0.717) is 5.92 Å². The van der Waals surface area contributed by atoms with Crippen LogP contribution in [0.3, 0.4) is 0 Å². The minimum atomic E-state index is -0.160. The Morgan fingerprint density at radius 1 is 1.06 bits per heavy atom. The van der Waals surface area contributed by atoms with Crippen LogP contribution < -0.4 is 0 Å². The third-order valence-electron chi connectivity index (χ3n) is 10.4. The van der Waals surface area contributed by atoms with Crippen LogP contribution in [0.1, 0.15) is 90.8 Å². The molecule has 0 saturated heterocycles. The van der Waals surface area contributed by atoms with E-state index >= 15 is 0 Å². The van der Waals surface area contributed by atoms with Gasteiger partial charge in [-0.3, -0.25) is 5.10 Å². The molecule has 0 aromatic carbocycles. The maximum Gasteiger partial charge on any atom is 0.124 e. The van der Waals surface area contributed by atoms with Crippen molar-refractivity contribution in [1.82, 2.24) is 10.2 Å². The average molecular weight is 441 g/mol. The topological polar surface area (TPSA) is 62.8 Å². The summed E-state index contributed by atoms with van der Waals surface area (Å²) < 4.78 is 0. The van der Waals surface area contributed by atoms with Gasteiger partial charge in [0, 0.05) is 17.5 Å². The van der Waals surface area contributed by atoms with E-state index in [9.17, 15) is 9.59 Å². The maximum atomic E-state index is 12.6. The second kappa shape index (κ2) is 9.06. The Balaban J connectivity index is 1.55. The van der Waals surface area contributed by atoms with E-state index in [-0.39, 0.29) is 28.6 Å². The summed E-state index contributed by atoms with van der Waals surface area (Å²) in [6.45, 7) is 11.9. The first-order chi connectivity index (χ1) is 15.2. The quantitative estimate of drug-likeness (QED) is 0.501. The van der Waals surface area contributed by atoms with E-state index < -0.39 is 0 Å². The molecule has 3 aliphatic carbocycles. The molecule has 0 bridgehead atoms. The number of nitrogens with one attached hydrogen (secondary N) is 1. The van der Waals surface area contributed by atoms with Gasteiger partial charge in [0.1, 0.15) is 12.6 Å². The fourth-order valence-corrected chi connectivity index (χ4v) is 8.45. The highest BCUT2D eigenvalue weighted by molar-refractivity contribution is 5.60. The van der Waals surface area contributed by atoms with Crippen molar-refractivity contribution in [3.05, 3.63) is 17.5 Å². The van der Waals surface area contributed by atoms with Crippen molar-refractivity contribution in [2.45, 2.75) is 92.4 Å². The Morgan fingerprint density at radius 3 is 2.50 bits per heavy atom. The molecule has 8 atom stereocenters. The highest BCUT2D eigenvalue weighted by atomic mass is 16.1. The Labute approximate surface area is 194 Å². The Hall–Kier alpha value is -1.45. The molecule has 1 heterocycles. The highest BCUT2D eigenvalue weighted by Gasteiger charge is 2.59. The molecule has 1 aromatic rings. The van der Waals surface area contributed by atoms with Gasteiger partial charge >= 0.3 is 0 Å². The van der Waals surface area contributed by atoms with Crippen molar-refractivity contribution in [2.24, 2.45) is 52.3 Å². The van der Waals surface area contributed by atoms with Crippen molar-refractivity contribution in [3.8, 4) is 0 Å². The van der Waals surface area contributed by atoms with Gasteiger partial charge in [-0.1, -0.05) is 53.9 Å². The van der Waals surface area contributed by atoms with Crippen LogP contribution in [0.4, 0.5) is 0 Å². The predicted molar refractivity (Wildman–Crippen MR) is 128 cm³/mol. The third kappa shape index (κ3) is 3.90. The van der Waals surface area contributed by atoms with Crippen molar-refractivity contribution >= 4 is 12.6 Å². The van der Waals surface area contributed by atoms with Gasteiger partial charge in [0.25, 0.3) is 0 Å². The lowest BCUT2D eigenvalue weighted by atomic mass is 9.48. The molecule has 1 aromatic heterocycles. The molecule has 1 N–H and O–H groups in total. The predicted octanol–water partition coefficient (Wildman–Crippen LogP) is 6.05. The molecule has 3 aliphatic rings. The number of aromatic amines is 1. The molecule has 0 aliphatic heterocycles. The summed E-state index contributed by atoms with van der Waals surface area (Å²) in [6.07, 6.45) is 14.6. The zero-order valence-corrected chi connectivity index (χ0v) is 20.9. The summed E-state index contributed by atoms with van der Waals surface area (Å²) in [6, 6.07) is 0. The van der Waals surface area contributed by atoms with Crippen LogP contribution >= 0.6 is 0 Å². The molecule has 4 nitrogen and oxygen atoms in total. The standard InChI is InChI=1S/C28H44N2O2/c1-18(2)7-6-8-19(3)23-9-10-24-22(17-32)25(11-12-27(23,24)4)28(5)14-20-15-29-30-26(20)13-21(28)16-31/h15-19,21-25H,6-14H2,1-5H3,(H,29,30)/t19-,21-,22+,23-,24+,25+,27-,28+/m1/s1. The van der Waals surface area contributed by atoms with E-state index in [2.05, 4.69) is 44.8 Å². The minimum Gasteiger partial charge on any atom is -0.303 e. The zero-order chi connectivity index (χ0) is 23.1. The second-order valence-corrected chi connectivity index (χ2v) is 12.5. The van der Waals surface area contributed by atoms with Crippen LogP contribution in [-0.4, -0.2) is 22.8 Å². The maximum absolute atomic E-state index is 12.6. The van der Waals surface area contributed by atoms with Crippen molar-refractivity contribution in [2.75, 3.05) is 0 Å². The molecule has 4 rings (SSSR count). The van der Waals surface area contributed by atoms with Gasteiger partial charge in [-0.05, 0) is 84.5 Å². The van der Waals surface area contributed by atoms with Crippen LogP contribution in [0, 0.1) is 52.3 Å². The highest BCUT2D eigenvalue weighted by Crippen LogP contribution is 2.64. The molecule has 0 amide bonds. The molecule has 0 radical (unpaired) electrons. The third-order valence-corrected chi connectivity index (χ3v) is 10.4. The van der Waals surface area contributed by atoms with Gasteiger partial charge in [-0.15, -0.1) is 0 Å². The largest absolute Gasteiger partial charge is 0.303 e. The SMILES string of the molecule is CC(C)CCC[C@@H](C)[C@H]1CC[C@H]2[C@H](C=O)[C@@H]([C@@]3(C)Cc4cn[nH]c4C[C@@H]3C=O)CC[C@]12C. The monoisotopic (exact) mass is 440 g/mol. The fraction of sp³-hybridized carbons (Fsp3) is 0.821. The van der Waals surface area contributed by atoms with Gasteiger partial charge in [0.15, 0.2) is 0 Å². The van der Waals surface area contributed by atoms with Crippen LogP contribution in [-0.2, 0) is 22.4 Å². The number of aromatic nitrogens is 2. The summed E-state index contributed by atoms with van der Waals surface area (Å²) in [4.78, 5) is 24.8. The van der Waals surface area contributed by atoms with Crippen LogP contribution in [0.2, 0.25) is 0 Å². The van der Waals surface area contributed by atoms with Gasteiger partial charge in [0.2, 0.25) is 0 Å². The van der Waals surface area contributed by atoms with Gasteiger partial charge < -0.3 is 9.59 Å². The van der Waals surface area contributed by atoms with Gasteiger partial charge in [-0.25, -0.2) is 0 Å². The first-order valence-corrected chi connectivity index (χ1v) is 13.2. The lowest BCUT2D eigenvalue weighted by Gasteiger charge is -2.55. The summed E-state index contributed by atoms with van der Waals surface area (Å²) >= 11 is 0. The minimum absolute atomic E-state index is 0.0422. The lowest BCUT2D eigenvalue weighted by Crippen LogP contribution is -2.52. The first-order valence-electron chi connectivity index (χ1n) is 13.2. The molecule has 4 heteroatoms. The normalized spacial score (nSPS) is 40.0. The van der Waals surface area contributed by atoms with Gasteiger partial charge in [0.05, 0.1) is 6.20 Å². The number of carbonyl (C=O) groups excluding carboxylic acids is 2. The van der Waals surface area contributed by atoms with E-state index in [4.69, 9.17) is 0 Å². The Morgan fingerprint density at radius 2 is 1.81 bits per heavy atom. The fourth-order valence-electron chi connectivity index (χ4n) is 8.45. The van der Waals surface area contributed by atoms with Crippen molar-refractivity contribution < 1.29 is 9.59 Å². The molecule has 0 unspecified atom stereocenters. The summed E-state index contributed by atoms with van der Waals surface area (Å²) in [5.74, 6) is 3.01. The number of carbonyl (C=O) groups is 2. The molecule has 2 saturated carbocycles. The van der Waals surface area contributed by atoms with E-state index in [1.807, 2.05) is 6.20 Å². The smallest absolute Gasteiger partial charge is 0.124 e. The van der Waals surface area contributed by atoms with E-state index in [0.717, 1.165) is 49.0 Å². The summed E-state index contributed by atoms with van der Waals surface area (Å²) in [5.41, 5.74) is 2.46. The molecule has 178 valence electrons. The number of hydrogen-bond donors (Lipinski definition) is 1. The first kappa shape index (κ1) is 23.7. The van der Waals surface area contributed by atoms with Crippen molar-refractivity contribution in [3.63, 3.8) is 0 Å². The second-order valence-electron chi connectivity index (χ2n) is 12.5. The Bertz CT molecular complexity index is 816. The van der Waals surface area contributed by atoms with Crippen LogP contribution in [0.15, 0.2) is 6.20 Å². The molecule has 0 spiro atoms. The number of rotatable bonds is 8. The Kier molecular flexibility index (Phi) is 6.71. The number of fused-ring (bicyclic) bond motifs is 2. The van der Waals surface area contributed by atoms with Crippen LogP contribution in [0.25, 0.3) is 0 Å². The molecular weight excluding hydrogens is 396 g/mol. The number of nitrogens with zero attached hydrogens (tertiary/aromatic N) is 1.